The summed E-state index contributed by atoms with van der Waals surface area (Å²) in [6.45, 7) is 5.60. The van der Waals surface area contributed by atoms with Crippen molar-refractivity contribution in [2.45, 2.75) is 50.8 Å². The fourth-order valence-corrected chi connectivity index (χ4v) is 5.24. The summed E-state index contributed by atoms with van der Waals surface area (Å²) >= 11 is 0. The molecular formula is C27H28F3N7O4. The zero-order valence-electron chi connectivity index (χ0n) is 22.4. The molecule has 0 radical (unpaired) electrons. The van der Waals surface area contributed by atoms with E-state index >= 15 is 0 Å². The summed E-state index contributed by atoms with van der Waals surface area (Å²) in [5, 5.41) is 2.80. The van der Waals surface area contributed by atoms with E-state index in [4.69, 9.17) is 14.2 Å². The highest BCUT2D eigenvalue weighted by atomic mass is 19.4. The van der Waals surface area contributed by atoms with E-state index in [0.717, 1.165) is 31.5 Å². The Balaban J connectivity index is 1.24. The van der Waals surface area contributed by atoms with E-state index in [1.807, 2.05) is 13.8 Å². The van der Waals surface area contributed by atoms with Crippen molar-refractivity contribution >= 4 is 23.4 Å². The number of ether oxygens (including phenoxy) is 3. The molecule has 0 unspecified atom stereocenters. The minimum atomic E-state index is -4.51. The highest BCUT2D eigenvalue weighted by Gasteiger charge is 2.39. The molecule has 1 N–H and O–H groups in total. The molecule has 2 aromatic heterocycles. The van der Waals surface area contributed by atoms with Crippen molar-refractivity contribution in [1.82, 2.24) is 19.9 Å². The predicted molar refractivity (Wildman–Crippen MR) is 142 cm³/mol. The maximum absolute atomic E-state index is 13.7. The topological polar surface area (TPSA) is 115 Å². The highest BCUT2D eigenvalue weighted by molar-refractivity contribution is 6.04. The molecule has 0 spiro atoms. The number of benzene rings is 1. The van der Waals surface area contributed by atoms with Gasteiger partial charge >= 0.3 is 12.2 Å². The molecule has 2 amide bonds. The fraction of sp³-hybridized carbons (Fsp3) is 0.444. The number of hydrogen-bond acceptors (Lipinski definition) is 9. The number of amides is 2. The third kappa shape index (κ3) is 5.75. The van der Waals surface area contributed by atoms with Crippen LogP contribution in [0.1, 0.15) is 32.3 Å². The van der Waals surface area contributed by atoms with Gasteiger partial charge in [0.25, 0.3) is 0 Å². The Bertz CT molecular complexity index is 1450. The number of nitrogens with zero attached hydrogens (tertiary/aromatic N) is 6. The number of carbonyl (C=O) groups is 1. The van der Waals surface area contributed by atoms with Crippen LogP contribution in [-0.2, 0) is 15.7 Å². The lowest BCUT2D eigenvalue weighted by molar-refractivity contribution is -0.141. The summed E-state index contributed by atoms with van der Waals surface area (Å²) in [5.41, 5.74) is 0.0376. The lowest BCUT2D eigenvalue weighted by Gasteiger charge is -2.45. The van der Waals surface area contributed by atoms with Gasteiger partial charge in [0.2, 0.25) is 5.88 Å². The van der Waals surface area contributed by atoms with Crippen molar-refractivity contribution < 1.29 is 32.2 Å². The van der Waals surface area contributed by atoms with Gasteiger partial charge in [-0.05, 0) is 38.8 Å². The van der Waals surface area contributed by atoms with Crippen molar-refractivity contribution in [3.05, 3.63) is 48.4 Å². The number of aromatic nitrogens is 4. The molecule has 1 aromatic carbocycles. The van der Waals surface area contributed by atoms with E-state index in [-0.39, 0.29) is 41.8 Å². The Kier molecular flexibility index (Phi) is 6.90. The van der Waals surface area contributed by atoms with Gasteiger partial charge in [0, 0.05) is 24.7 Å². The zero-order chi connectivity index (χ0) is 28.8. The van der Waals surface area contributed by atoms with Crippen molar-refractivity contribution in [2.75, 3.05) is 41.4 Å². The molecule has 3 aromatic rings. The number of fused-ring (bicyclic) bond motifs is 4. The molecule has 0 saturated carbocycles. The molecule has 5 heterocycles. The quantitative estimate of drug-likeness (QED) is 0.473. The van der Waals surface area contributed by atoms with Crippen LogP contribution in [0.2, 0.25) is 0 Å². The zero-order valence-corrected chi connectivity index (χ0v) is 22.4. The van der Waals surface area contributed by atoms with E-state index in [1.54, 1.807) is 6.20 Å². The number of urea groups is 1. The van der Waals surface area contributed by atoms with Crippen LogP contribution in [-0.4, -0.2) is 70.2 Å². The summed E-state index contributed by atoms with van der Waals surface area (Å²) < 4.78 is 57.0. The molecule has 6 rings (SSSR count). The first-order valence-corrected chi connectivity index (χ1v) is 13.2. The van der Waals surface area contributed by atoms with Crippen LogP contribution in [0.5, 0.6) is 5.88 Å². The molecular weight excluding hydrogens is 543 g/mol. The first-order chi connectivity index (χ1) is 19.6. The van der Waals surface area contributed by atoms with E-state index in [2.05, 4.69) is 30.2 Å². The Morgan fingerprint density at radius 1 is 1.22 bits per heavy atom. The number of anilines is 3. The van der Waals surface area contributed by atoms with Gasteiger partial charge in [-0.3, -0.25) is 10.2 Å². The molecule has 11 nitrogen and oxygen atoms in total. The minimum Gasteiger partial charge on any atom is -0.475 e. The van der Waals surface area contributed by atoms with Crippen LogP contribution in [0.4, 0.5) is 35.3 Å². The van der Waals surface area contributed by atoms with Gasteiger partial charge in [-0.2, -0.15) is 13.2 Å². The third-order valence-corrected chi connectivity index (χ3v) is 7.11. The average Bonchev–Trinajstić information content (AvgIpc) is 3.30. The Hall–Kier alpha value is -4.04. The predicted octanol–water partition coefficient (Wildman–Crippen LogP) is 4.50. The fourth-order valence-electron chi connectivity index (χ4n) is 5.24. The second kappa shape index (κ2) is 10.4. The summed E-state index contributed by atoms with van der Waals surface area (Å²) in [5.74, 6) is 0.208. The van der Waals surface area contributed by atoms with Crippen LogP contribution < -0.4 is 19.9 Å². The lowest BCUT2D eigenvalue weighted by Crippen LogP contribution is -2.56. The van der Waals surface area contributed by atoms with Gasteiger partial charge < -0.3 is 19.1 Å². The summed E-state index contributed by atoms with van der Waals surface area (Å²) in [6, 6.07) is 5.65. The van der Waals surface area contributed by atoms with Crippen molar-refractivity contribution in [3.8, 4) is 17.3 Å². The van der Waals surface area contributed by atoms with Crippen LogP contribution in [0.25, 0.3) is 11.4 Å². The standard InChI is InChI=1S/C27H28F3N7O4/c1-26(2)40-14-19(41-26)13-39-22-10-21(32-15-33-22)34-25(38)37-18-7-4-8-36(12-18)20-11-31-23(35-24(20)37)16-5-3-6-17(9-16)27(28,29)30/h3,5-6,9-11,15,18-19H,4,7-8,12-14H2,1-2H3,(H,32,33,34,38)/t18-,19-/m0/s1. The second-order valence-electron chi connectivity index (χ2n) is 10.5. The third-order valence-electron chi connectivity index (χ3n) is 7.11. The van der Waals surface area contributed by atoms with E-state index in [0.29, 0.717) is 24.7 Å². The Labute approximate surface area is 233 Å². The first-order valence-electron chi connectivity index (χ1n) is 13.2. The smallest absolute Gasteiger partial charge is 0.416 e. The van der Waals surface area contributed by atoms with Crippen molar-refractivity contribution in [2.24, 2.45) is 0 Å². The Morgan fingerprint density at radius 3 is 2.85 bits per heavy atom. The van der Waals surface area contributed by atoms with Gasteiger partial charge in [-0.25, -0.2) is 24.7 Å². The first kappa shape index (κ1) is 27.1. The summed E-state index contributed by atoms with van der Waals surface area (Å²) in [6.07, 6.45) is -0.327. The Morgan fingerprint density at radius 2 is 2.07 bits per heavy atom. The van der Waals surface area contributed by atoms with Crippen LogP contribution in [0.3, 0.4) is 0 Å². The molecule has 3 aliphatic heterocycles. The molecule has 2 bridgehead atoms. The number of nitrogens with one attached hydrogen (secondary N) is 1. The monoisotopic (exact) mass is 571 g/mol. The second-order valence-corrected chi connectivity index (χ2v) is 10.5. The molecule has 3 aliphatic rings. The van der Waals surface area contributed by atoms with Gasteiger partial charge in [0.1, 0.15) is 24.9 Å². The SMILES string of the molecule is CC1(C)OC[C@H](COc2cc(NC(=O)N3c4nc(-c5cccc(C(F)(F)F)c5)ncc4N4CCC[C@H]3C4)ncn2)O1. The normalized spacial score (nSPS) is 21.4. The van der Waals surface area contributed by atoms with Gasteiger partial charge in [0.05, 0.1) is 30.1 Å². The van der Waals surface area contributed by atoms with Gasteiger partial charge in [-0.15, -0.1) is 0 Å². The van der Waals surface area contributed by atoms with Gasteiger partial charge in [0.15, 0.2) is 17.4 Å². The number of alkyl halides is 3. The molecule has 14 heteroatoms. The highest BCUT2D eigenvalue weighted by Crippen LogP contribution is 2.39. The molecule has 0 aliphatic carbocycles. The molecule has 41 heavy (non-hydrogen) atoms. The van der Waals surface area contributed by atoms with Crippen LogP contribution in [0.15, 0.2) is 42.9 Å². The number of rotatable bonds is 5. The minimum absolute atomic E-state index is 0.0906. The molecule has 2 fully saturated rings. The van der Waals surface area contributed by atoms with E-state index in [9.17, 15) is 18.0 Å². The van der Waals surface area contributed by atoms with Crippen molar-refractivity contribution in [1.29, 1.82) is 0 Å². The number of halogens is 3. The maximum Gasteiger partial charge on any atom is 0.416 e. The van der Waals surface area contributed by atoms with Crippen LogP contribution >= 0.6 is 0 Å². The largest absolute Gasteiger partial charge is 0.475 e. The summed E-state index contributed by atoms with van der Waals surface area (Å²) in [4.78, 5) is 34.5. The molecule has 2 atom stereocenters. The number of carbonyl (C=O) groups excluding carboxylic acids is 1. The maximum atomic E-state index is 13.7. The molecule has 216 valence electrons. The van der Waals surface area contributed by atoms with E-state index < -0.39 is 23.6 Å². The summed E-state index contributed by atoms with van der Waals surface area (Å²) in [7, 11) is 0. The number of piperidine rings is 1. The van der Waals surface area contributed by atoms with Crippen molar-refractivity contribution in [3.63, 3.8) is 0 Å². The lowest BCUT2D eigenvalue weighted by atomic mass is 10.0. The average molecular weight is 572 g/mol. The van der Waals surface area contributed by atoms with E-state index in [1.165, 1.54) is 29.4 Å². The number of hydrogen-bond donors (Lipinski definition) is 1. The molecule has 2 saturated heterocycles. The van der Waals surface area contributed by atoms with Gasteiger partial charge in [-0.1, -0.05) is 12.1 Å². The van der Waals surface area contributed by atoms with Crippen LogP contribution in [0, 0.1) is 0 Å².